The van der Waals surface area contributed by atoms with Crippen LogP contribution in [-0.4, -0.2) is 37.1 Å². The molecule has 3 aromatic rings. The van der Waals surface area contributed by atoms with Gasteiger partial charge in [-0.25, -0.2) is 13.2 Å². The van der Waals surface area contributed by atoms with Crippen LogP contribution in [0.2, 0.25) is 0 Å². The number of primary amides is 1. The first-order chi connectivity index (χ1) is 14.3. The molecule has 156 valence electrons. The van der Waals surface area contributed by atoms with Gasteiger partial charge >= 0.3 is 11.2 Å². The zero-order valence-corrected chi connectivity index (χ0v) is 17.4. The van der Waals surface area contributed by atoms with Crippen molar-refractivity contribution < 1.29 is 27.5 Å². The van der Waals surface area contributed by atoms with Crippen LogP contribution in [0, 0.1) is 0 Å². The summed E-state index contributed by atoms with van der Waals surface area (Å²) in [7, 11) is -3.80. The molecule has 0 aliphatic heterocycles. The van der Waals surface area contributed by atoms with Gasteiger partial charge in [-0.1, -0.05) is 29.4 Å². The second-order valence-electron chi connectivity index (χ2n) is 5.97. The molecule has 0 aliphatic rings. The number of aromatic nitrogens is 2. The highest BCUT2D eigenvalue weighted by Gasteiger charge is 2.23. The third kappa shape index (κ3) is 4.99. The van der Waals surface area contributed by atoms with Crippen molar-refractivity contribution in [1.29, 1.82) is 0 Å². The molecule has 0 bridgehead atoms. The Bertz CT molecular complexity index is 1170. The smallest absolute Gasteiger partial charge is 0.341 e. The van der Waals surface area contributed by atoms with Crippen molar-refractivity contribution in [2.24, 2.45) is 5.73 Å². The van der Waals surface area contributed by atoms with Crippen LogP contribution in [0.5, 0.6) is 10.9 Å². The molecule has 0 aliphatic carbocycles. The van der Waals surface area contributed by atoms with Gasteiger partial charge in [0.25, 0.3) is 0 Å². The van der Waals surface area contributed by atoms with E-state index in [2.05, 4.69) is 10.2 Å². The molecule has 0 fully saturated rings. The Hall–Kier alpha value is -3.31. The molecule has 0 unspecified atom stereocenters. The molecule has 0 saturated heterocycles. The van der Waals surface area contributed by atoms with Crippen LogP contribution in [0.4, 0.5) is 0 Å². The number of para-hydroxylation sites is 1. The topological polar surface area (TPSA) is 139 Å². The van der Waals surface area contributed by atoms with Crippen LogP contribution >= 0.6 is 11.3 Å². The number of nitrogens with zero attached hydrogens (tertiary/aromatic N) is 2. The number of carbonyl (C=O) groups is 2. The largest absolute Gasteiger partial charge is 0.462 e. The van der Waals surface area contributed by atoms with E-state index in [-0.39, 0.29) is 38.8 Å². The van der Waals surface area contributed by atoms with Crippen LogP contribution in [0.15, 0.2) is 52.9 Å². The fourth-order valence-corrected chi connectivity index (χ4v) is 4.70. The molecule has 11 heteroatoms. The number of ether oxygens (including phenoxy) is 2. The quantitative estimate of drug-likeness (QED) is 0.520. The first-order valence-electron chi connectivity index (χ1n) is 8.69. The Morgan fingerprint density at radius 1 is 1.07 bits per heavy atom. The number of carbonyl (C=O) groups excluding carboxylic acids is 2. The maximum absolute atomic E-state index is 12.6. The van der Waals surface area contributed by atoms with Gasteiger partial charge in [-0.15, -0.1) is 5.10 Å². The Kier molecular flexibility index (Phi) is 6.43. The number of amides is 1. The lowest BCUT2D eigenvalue weighted by Gasteiger charge is -2.07. The molecule has 2 N–H and O–H groups in total. The monoisotopic (exact) mass is 447 g/mol. The minimum absolute atomic E-state index is 0.0330. The third-order valence-corrected chi connectivity index (χ3v) is 6.76. The van der Waals surface area contributed by atoms with E-state index in [4.69, 9.17) is 15.2 Å². The first kappa shape index (κ1) is 21.4. The maximum atomic E-state index is 12.6. The summed E-state index contributed by atoms with van der Waals surface area (Å²) in [6, 6.07) is 12.3. The van der Waals surface area contributed by atoms with Crippen LogP contribution in [0.3, 0.4) is 0 Å². The molecule has 0 radical (unpaired) electrons. The Morgan fingerprint density at radius 2 is 1.77 bits per heavy atom. The van der Waals surface area contributed by atoms with Crippen molar-refractivity contribution in [3.63, 3.8) is 0 Å². The number of esters is 1. The molecule has 9 nitrogen and oxygen atoms in total. The predicted octanol–water partition coefficient (Wildman–Crippen LogP) is 2.58. The van der Waals surface area contributed by atoms with Crippen molar-refractivity contribution in [2.75, 3.05) is 6.61 Å². The standard InChI is InChI=1S/C19H17N3O6S2/c1-2-27-17(24)14-5-3-4-6-15(14)28-18-21-22-19(29-18)30(25,26)11-12-7-9-13(10-8-12)16(20)23/h3-10H,2,11H2,1H3,(H2,20,23). The highest BCUT2D eigenvalue weighted by atomic mass is 32.2. The molecular weight excluding hydrogens is 430 g/mol. The number of benzene rings is 2. The van der Waals surface area contributed by atoms with Crippen LogP contribution in [0.25, 0.3) is 0 Å². The van der Waals surface area contributed by atoms with Gasteiger partial charge in [-0.05, 0) is 48.1 Å². The lowest BCUT2D eigenvalue weighted by Crippen LogP contribution is -2.11. The number of hydrogen-bond donors (Lipinski definition) is 1. The average Bonchev–Trinajstić information content (AvgIpc) is 3.18. The minimum Gasteiger partial charge on any atom is -0.462 e. The Balaban J connectivity index is 1.77. The second kappa shape index (κ2) is 9.01. The highest BCUT2D eigenvalue weighted by Crippen LogP contribution is 2.31. The summed E-state index contributed by atoms with van der Waals surface area (Å²) in [6.07, 6.45) is 0. The maximum Gasteiger partial charge on any atom is 0.341 e. The summed E-state index contributed by atoms with van der Waals surface area (Å²) in [6.45, 7) is 1.89. The van der Waals surface area contributed by atoms with Crippen molar-refractivity contribution in [3.8, 4) is 10.9 Å². The van der Waals surface area contributed by atoms with Gasteiger partial charge in [-0.3, -0.25) is 4.79 Å². The van der Waals surface area contributed by atoms with Crippen LogP contribution in [0.1, 0.15) is 33.2 Å². The summed E-state index contributed by atoms with van der Waals surface area (Å²) in [5.41, 5.74) is 6.11. The molecule has 1 heterocycles. The molecule has 2 aromatic carbocycles. The van der Waals surface area contributed by atoms with Crippen LogP contribution in [-0.2, 0) is 20.3 Å². The van der Waals surface area contributed by atoms with Gasteiger partial charge in [0.05, 0.1) is 12.4 Å². The fraction of sp³-hybridized carbons (Fsp3) is 0.158. The second-order valence-corrected chi connectivity index (χ2v) is 9.08. The van der Waals surface area contributed by atoms with Crippen LogP contribution < -0.4 is 10.5 Å². The van der Waals surface area contributed by atoms with E-state index in [0.29, 0.717) is 5.56 Å². The van der Waals surface area contributed by atoms with Gasteiger partial charge in [0.15, 0.2) is 0 Å². The zero-order valence-electron chi connectivity index (χ0n) is 15.8. The van der Waals surface area contributed by atoms with Gasteiger partial charge in [0.2, 0.25) is 20.1 Å². The minimum atomic E-state index is -3.80. The SMILES string of the molecule is CCOC(=O)c1ccccc1Oc1nnc(S(=O)(=O)Cc2ccc(C(N)=O)cc2)s1. The van der Waals surface area contributed by atoms with E-state index in [1.54, 1.807) is 25.1 Å². The molecule has 1 aromatic heterocycles. The van der Waals surface area contributed by atoms with Gasteiger partial charge < -0.3 is 15.2 Å². The van der Waals surface area contributed by atoms with Gasteiger partial charge in [-0.2, -0.15) is 0 Å². The first-order valence-corrected chi connectivity index (χ1v) is 11.2. The summed E-state index contributed by atoms with van der Waals surface area (Å²) in [4.78, 5) is 23.1. The highest BCUT2D eigenvalue weighted by molar-refractivity contribution is 7.92. The van der Waals surface area contributed by atoms with E-state index < -0.39 is 21.7 Å². The number of rotatable bonds is 8. The molecule has 30 heavy (non-hydrogen) atoms. The van der Waals surface area contributed by atoms with Gasteiger partial charge in [0.1, 0.15) is 11.3 Å². The normalized spacial score (nSPS) is 11.1. The molecule has 0 spiro atoms. The van der Waals surface area contributed by atoms with Crippen molar-refractivity contribution in [1.82, 2.24) is 10.2 Å². The number of hydrogen-bond acceptors (Lipinski definition) is 9. The van der Waals surface area contributed by atoms with Crippen molar-refractivity contribution >= 4 is 33.1 Å². The van der Waals surface area contributed by atoms with Gasteiger partial charge in [0, 0.05) is 5.56 Å². The molecule has 0 saturated carbocycles. The molecular formula is C19H17N3O6S2. The van der Waals surface area contributed by atoms with E-state index in [0.717, 1.165) is 11.3 Å². The Labute approximate surface area is 176 Å². The van der Waals surface area contributed by atoms with E-state index in [1.165, 1.54) is 30.3 Å². The van der Waals surface area contributed by atoms with Crippen molar-refractivity contribution in [2.45, 2.75) is 17.0 Å². The average molecular weight is 447 g/mol. The summed E-state index contributed by atoms with van der Waals surface area (Å²) < 4.78 is 35.6. The summed E-state index contributed by atoms with van der Waals surface area (Å²) >= 11 is 0.737. The Morgan fingerprint density at radius 3 is 2.43 bits per heavy atom. The fourth-order valence-electron chi connectivity index (χ4n) is 2.44. The predicted molar refractivity (Wildman–Crippen MR) is 108 cm³/mol. The third-order valence-electron chi connectivity index (χ3n) is 3.83. The zero-order chi connectivity index (χ0) is 21.7. The molecule has 0 atom stereocenters. The van der Waals surface area contributed by atoms with Crippen molar-refractivity contribution in [3.05, 3.63) is 65.2 Å². The van der Waals surface area contributed by atoms with E-state index in [9.17, 15) is 18.0 Å². The lowest BCUT2D eigenvalue weighted by molar-refractivity contribution is 0.0523. The lowest BCUT2D eigenvalue weighted by atomic mass is 10.1. The molecule has 3 rings (SSSR count). The van der Waals surface area contributed by atoms with E-state index in [1.807, 2.05) is 0 Å². The summed E-state index contributed by atoms with van der Waals surface area (Å²) in [5, 5.41) is 7.43. The number of sulfone groups is 1. The number of nitrogens with two attached hydrogens (primary N) is 1. The van der Waals surface area contributed by atoms with E-state index >= 15 is 0 Å². The molecule has 1 amide bonds. The summed E-state index contributed by atoms with van der Waals surface area (Å²) in [5.74, 6) is -1.32.